The van der Waals surface area contributed by atoms with Gasteiger partial charge in [-0.15, -0.1) is 0 Å². The highest BCUT2D eigenvalue weighted by molar-refractivity contribution is 5.99. The molecule has 6 heteroatoms. The van der Waals surface area contributed by atoms with Crippen LogP contribution in [0, 0.1) is 5.82 Å². The fourth-order valence-electron chi connectivity index (χ4n) is 2.66. The Kier molecular flexibility index (Phi) is 6.58. The lowest BCUT2D eigenvalue weighted by molar-refractivity contribution is 0.0472. The van der Waals surface area contributed by atoms with Gasteiger partial charge in [-0.3, -0.25) is 4.79 Å². The molecular weight excluding hydrogens is 375 g/mol. The van der Waals surface area contributed by atoms with Crippen molar-refractivity contribution in [1.29, 1.82) is 0 Å². The van der Waals surface area contributed by atoms with Crippen molar-refractivity contribution in [2.24, 2.45) is 0 Å². The van der Waals surface area contributed by atoms with Crippen LogP contribution in [0.25, 0.3) is 0 Å². The summed E-state index contributed by atoms with van der Waals surface area (Å²) >= 11 is 0. The number of methoxy groups -OCH3 is 1. The van der Waals surface area contributed by atoms with E-state index >= 15 is 0 Å². The van der Waals surface area contributed by atoms with Crippen molar-refractivity contribution in [2.45, 2.75) is 6.61 Å². The number of halogens is 1. The number of hydrogen-bond acceptors (Lipinski definition) is 5. The molecular formula is C23H19FO5. The molecule has 0 aliphatic rings. The number of ketones is 1. The second-order valence-electron chi connectivity index (χ2n) is 6.11. The van der Waals surface area contributed by atoms with Gasteiger partial charge < -0.3 is 14.2 Å². The average Bonchev–Trinajstić information content (AvgIpc) is 2.76. The van der Waals surface area contributed by atoms with Gasteiger partial charge in [-0.1, -0.05) is 36.4 Å². The Morgan fingerprint density at radius 1 is 0.931 bits per heavy atom. The third-order valence-electron chi connectivity index (χ3n) is 4.18. The molecule has 0 aliphatic heterocycles. The number of esters is 1. The van der Waals surface area contributed by atoms with Gasteiger partial charge in [0.15, 0.2) is 24.0 Å². The molecule has 0 aromatic heterocycles. The molecule has 0 radical (unpaired) electrons. The van der Waals surface area contributed by atoms with E-state index in [1.807, 2.05) is 30.3 Å². The van der Waals surface area contributed by atoms with E-state index in [2.05, 4.69) is 0 Å². The predicted octanol–water partition coefficient (Wildman–Crippen LogP) is 4.45. The van der Waals surface area contributed by atoms with Gasteiger partial charge in [-0.05, 0) is 36.4 Å². The van der Waals surface area contributed by atoms with Crippen molar-refractivity contribution in [3.8, 4) is 11.5 Å². The Morgan fingerprint density at radius 2 is 1.66 bits per heavy atom. The Labute approximate surface area is 167 Å². The molecule has 0 bridgehead atoms. The molecule has 0 aliphatic carbocycles. The summed E-state index contributed by atoms with van der Waals surface area (Å²) in [5.41, 5.74) is 1.03. The summed E-state index contributed by atoms with van der Waals surface area (Å²) in [4.78, 5) is 24.7. The molecule has 0 atom stereocenters. The highest BCUT2D eigenvalue weighted by Crippen LogP contribution is 2.19. The molecule has 0 saturated heterocycles. The highest BCUT2D eigenvalue weighted by Gasteiger charge is 2.16. The number of ether oxygens (including phenoxy) is 3. The van der Waals surface area contributed by atoms with Crippen molar-refractivity contribution in [3.63, 3.8) is 0 Å². The first kappa shape index (κ1) is 20.1. The molecule has 0 fully saturated rings. The molecule has 0 N–H and O–H groups in total. The zero-order valence-corrected chi connectivity index (χ0v) is 15.8. The lowest BCUT2D eigenvalue weighted by Gasteiger charge is -2.11. The van der Waals surface area contributed by atoms with Crippen molar-refractivity contribution < 1.29 is 28.2 Å². The first-order chi connectivity index (χ1) is 14.1. The molecule has 3 aromatic rings. The van der Waals surface area contributed by atoms with Crippen LogP contribution in [0.3, 0.4) is 0 Å². The van der Waals surface area contributed by atoms with E-state index in [1.54, 1.807) is 24.3 Å². The van der Waals surface area contributed by atoms with Crippen LogP contribution in [0.15, 0.2) is 72.8 Å². The van der Waals surface area contributed by atoms with Crippen molar-refractivity contribution >= 4 is 11.8 Å². The van der Waals surface area contributed by atoms with Crippen molar-refractivity contribution in [1.82, 2.24) is 0 Å². The summed E-state index contributed by atoms with van der Waals surface area (Å²) in [5, 5.41) is 0. The maximum absolute atomic E-state index is 13.8. The zero-order chi connectivity index (χ0) is 20.6. The van der Waals surface area contributed by atoms with Crippen LogP contribution in [-0.2, 0) is 11.3 Å². The SMILES string of the molecule is COc1ccc(C(=O)COC(=O)c2ccccc2COc2ccccc2)cc1F. The maximum atomic E-state index is 13.8. The van der Waals surface area contributed by atoms with Gasteiger partial charge in [0.2, 0.25) is 0 Å². The average molecular weight is 394 g/mol. The molecule has 0 heterocycles. The minimum absolute atomic E-state index is 0.0332. The van der Waals surface area contributed by atoms with Crippen molar-refractivity contribution in [3.05, 3.63) is 95.3 Å². The summed E-state index contributed by atoms with van der Waals surface area (Å²) in [6.07, 6.45) is 0. The molecule has 3 rings (SSSR count). The lowest BCUT2D eigenvalue weighted by Crippen LogP contribution is -2.16. The van der Waals surface area contributed by atoms with E-state index in [4.69, 9.17) is 14.2 Å². The van der Waals surface area contributed by atoms with Gasteiger partial charge in [0.1, 0.15) is 12.4 Å². The number of para-hydroxylation sites is 1. The van der Waals surface area contributed by atoms with E-state index < -0.39 is 24.2 Å². The topological polar surface area (TPSA) is 61.8 Å². The van der Waals surface area contributed by atoms with E-state index in [1.165, 1.54) is 19.2 Å². The summed E-state index contributed by atoms with van der Waals surface area (Å²) < 4.78 is 29.4. The number of carbonyl (C=O) groups excluding carboxylic acids is 2. The van der Waals surface area contributed by atoms with Gasteiger partial charge in [0.05, 0.1) is 12.7 Å². The number of benzene rings is 3. The summed E-state index contributed by atoms with van der Waals surface area (Å²) in [5.74, 6) is -1.12. The predicted molar refractivity (Wildman–Crippen MR) is 105 cm³/mol. The molecule has 3 aromatic carbocycles. The van der Waals surface area contributed by atoms with Crippen LogP contribution in [0.5, 0.6) is 11.5 Å². The first-order valence-electron chi connectivity index (χ1n) is 8.88. The fourth-order valence-corrected chi connectivity index (χ4v) is 2.66. The Bertz CT molecular complexity index is 1000. The molecule has 148 valence electrons. The molecule has 0 unspecified atom stereocenters. The largest absolute Gasteiger partial charge is 0.494 e. The van der Waals surface area contributed by atoms with E-state index in [0.717, 1.165) is 6.07 Å². The molecule has 5 nitrogen and oxygen atoms in total. The minimum atomic E-state index is -0.659. The maximum Gasteiger partial charge on any atom is 0.338 e. The number of carbonyl (C=O) groups is 2. The minimum Gasteiger partial charge on any atom is -0.494 e. The molecule has 0 amide bonds. The highest BCUT2D eigenvalue weighted by atomic mass is 19.1. The fraction of sp³-hybridized carbons (Fsp3) is 0.130. The summed E-state index contributed by atoms with van der Waals surface area (Å²) in [6.45, 7) is -0.328. The van der Waals surface area contributed by atoms with Crippen LogP contribution in [0.1, 0.15) is 26.3 Å². The third-order valence-corrected chi connectivity index (χ3v) is 4.18. The molecule has 0 spiro atoms. The number of rotatable bonds is 8. The van der Waals surface area contributed by atoms with E-state index in [-0.39, 0.29) is 17.9 Å². The van der Waals surface area contributed by atoms with Crippen LogP contribution in [-0.4, -0.2) is 25.5 Å². The van der Waals surface area contributed by atoms with E-state index in [0.29, 0.717) is 16.9 Å². The van der Waals surface area contributed by atoms with Gasteiger partial charge in [-0.25, -0.2) is 9.18 Å². The zero-order valence-electron chi connectivity index (χ0n) is 15.8. The number of hydrogen-bond donors (Lipinski definition) is 0. The Morgan fingerprint density at radius 3 is 2.38 bits per heavy atom. The monoisotopic (exact) mass is 394 g/mol. The van der Waals surface area contributed by atoms with Gasteiger partial charge in [0, 0.05) is 11.1 Å². The van der Waals surface area contributed by atoms with Gasteiger partial charge >= 0.3 is 5.97 Å². The molecule has 0 saturated carbocycles. The Hall–Kier alpha value is -3.67. The molecule has 29 heavy (non-hydrogen) atoms. The van der Waals surface area contributed by atoms with Crippen LogP contribution < -0.4 is 9.47 Å². The second-order valence-corrected chi connectivity index (χ2v) is 6.11. The van der Waals surface area contributed by atoms with E-state index in [9.17, 15) is 14.0 Å². The third kappa shape index (κ3) is 5.19. The lowest BCUT2D eigenvalue weighted by atomic mass is 10.1. The summed E-state index contributed by atoms with van der Waals surface area (Å²) in [7, 11) is 1.33. The number of Topliss-reactive ketones (excluding diaryl/α,β-unsaturated/α-hetero) is 1. The second kappa shape index (κ2) is 9.50. The van der Waals surface area contributed by atoms with Gasteiger partial charge in [0.25, 0.3) is 0 Å². The van der Waals surface area contributed by atoms with Crippen LogP contribution in [0.4, 0.5) is 4.39 Å². The van der Waals surface area contributed by atoms with Crippen LogP contribution >= 0.6 is 0 Å². The summed E-state index contributed by atoms with van der Waals surface area (Å²) in [6, 6.07) is 19.9. The quantitative estimate of drug-likeness (QED) is 0.417. The normalized spacial score (nSPS) is 10.3. The smallest absolute Gasteiger partial charge is 0.338 e. The first-order valence-corrected chi connectivity index (χ1v) is 8.88. The standard InChI is InChI=1S/C23H19FO5/c1-27-22-12-11-16(13-20(22)24)21(25)15-29-23(26)19-10-6-5-7-17(19)14-28-18-8-3-2-4-9-18/h2-13H,14-15H2,1H3. The van der Waals surface area contributed by atoms with Crippen molar-refractivity contribution in [2.75, 3.05) is 13.7 Å². The van der Waals surface area contributed by atoms with Crippen LogP contribution in [0.2, 0.25) is 0 Å². The Balaban J connectivity index is 1.63. The van der Waals surface area contributed by atoms with Gasteiger partial charge in [-0.2, -0.15) is 0 Å².